The van der Waals surface area contributed by atoms with Crippen LogP contribution in [0.5, 0.6) is 0 Å². The van der Waals surface area contributed by atoms with Crippen molar-refractivity contribution in [2.24, 2.45) is 0 Å². The van der Waals surface area contributed by atoms with Gasteiger partial charge in [0.25, 0.3) is 0 Å². The largest absolute Gasteiger partial charge is 0.292 e. The van der Waals surface area contributed by atoms with Gasteiger partial charge in [0.05, 0.1) is 33.5 Å². The molecule has 0 aliphatic heterocycles. The Hall–Kier alpha value is -7.43. The van der Waals surface area contributed by atoms with Gasteiger partial charge in [-0.25, -0.2) is 15.0 Å². The number of aryl methyl sites for hydroxylation is 6. The van der Waals surface area contributed by atoms with Crippen LogP contribution in [0.2, 0.25) is 0 Å². The maximum atomic E-state index is 5.51. The van der Waals surface area contributed by atoms with Crippen molar-refractivity contribution in [1.82, 2.24) is 19.5 Å². The Morgan fingerprint density at radius 2 is 0.754 bits per heavy atom. The van der Waals surface area contributed by atoms with Crippen molar-refractivity contribution in [3.8, 4) is 73.0 Å². The second kappa shape index (κ2) is 15.3. The van der Waals surface area contributed by atoms with Crippen molar-refractivity contribution in [1.29, 1.82) is 0 Å². The lowest BCUT2D eigenvalue weighted by Gasteiger charge is -2.20. The quantitative estimate of drug-likeness (QED) is 0.162. The van der Waals surface area contributed by atoms with E-state index < -0.39 is 0 Å². The number of hydrogen-bond donors (Lipinski definition) is 0. The topological polar surface area (TPSA) is 43.6 Å². The minimum atomic E-state index is 0.860. The molecule has 0 N–H and O–H groups in total. The molecule has 2 aromatic heterocycles. The second-order valence-electron chi connectivity index (χ2n) is 16.5. The third kappa shape index (κ3) is 6.90. The van der Waals surface area contributed by atoms with E-state index in [1.165, 1.54) is 55.6 Å². The molecule has 0 aliphatic carbocycles. The molecule has 10 rings (SSSR count). The molecule has 0 atom stereocenters. The van der Waals surface area contributed by atoms with Gasteiger partial charge in [-0.15, -0.1) is 0 Å². The lowest BCUT2D eigenvalue weighted by Crippen LogP contribution is -2.00. The average molecular weight is 787 g/mol. The fourth-order valence-corrected chi connectivity index (χ4v) is 9.42. The lowest BCUT2D eigenvalue weighted by molar-refractivity contribution is 1.10. The third-order valence-corrected chi connectivity index (χ3v) is 12.0. The number of benzene rings is 8. The maximum absolute atomic E-state index is 5.51. The summed E-state index contributed by atoms with van der Waals surface area (Å²) < 4.78 is 2.24. The van der Waals surface area contributed by atoms with Crippen LogP contribution in [0, 0.1) is 41.5 Å². The summed E-state index contributed by atoms with van der Waals surface area (Å²) in [6.07, 6.45) is 0. The fraction of sp³-hybridized carbons (Fsp3) is 0.105. The Labute approximate surface area is 357 Å². The van der Waals surface area contributed by atoms with Crippen molar-refractivity contribution >= 4 is 22.1 Å². The highest BCUT2D eigenvalue weighted by molar-refractivity contribution is 5.98. The van der Waals surface area contributed by atoms with E-state index in [-0.39, 0.29) is 0 Å². The monoisotopic (exact) mass is 786 g/mol. The second-order valence-corrected chi connectivity index (χ2v) is 16.5. The van der Waals surface area contributed by atoms with Crippen LogP contribution in [0.3, 0.4) is 0 Å². The van der Waals surface area contributed by atoms with Gasteiger partial charge >= 0.3 is 0 Å². The van der Waals surface area contributed by atoms with Crippen molar-refractivity contribution in [3.63, 3.8) is 0 Å². The Morgan fingerprint density at radius 1 is 0.344 bits per heavy atom. The summed E-state index contributed by atoms with van der Waals surface area (Å²) in [5.41, 5.74) is 24.4. The number of aromatic nitrogens is 4. The zero-order valence-corrected chi connectivity index (χ0v) is 35.5. The minimum Gasteiger partial charge on any atom is -0.292 e. The van der Waals surface area contributed by atoms with Crippen molar-refractivity contribution in [3.05, 3.63) is 203 Å². The number of hydrogen-bond acceptors (Lipinski definition) is 3. The van der Waals surface area contributed by atoms with E-state index in [4.69, 9.17) is 15.0 Å². The first-order valence-electron chi connectivity index (χ1n) is 21.0. The van der Waals surface area contributed by atoms with Crippen molar-refractivity contribution < 1.29 is 0 Å². The highest BCUT2D eigenvalue weighted by atomic mass is 15.1. The summed E-state index contributed by atoms with van der Waals surface area (Å²) in [7, 11) is 0. The normalized spacial score (nSPS) is 11.4. The summed E-state index contributed by atoms with van der Waals surface area (Å²) in [5.74, 6) is 0.921. The van der Waals surface area contributed by atoms with Crippen LogP contribution in [-0.4, -0.2) is 19.5 Å². The van der Waals surface area contributed by atoms with E-state index in [1.807, 2.05) is 12.1 Å². The van der Waals surface area contributed by atoms with Crippen molar-refractivity contribution in [2.75, 3.05) is 0 Å². The highest BCUT2D eigenvalue weighted by Crippen LogP contribution is 2.43. The van der Waals surface area contributed by atoms with E-state index in [2.05, 4.69) is 204 Å². The average Bonchev–Trinajstić information content (AvgIpc) is 3.66. The maximum Gasteiger partial charge on any atom is 0.145 e. The van der Waals surface area contributed by atoms with Gasteiger partial charge < -0.3 is 0 Å². The number of imidazole rings is 1. The minimum absolute atomic E-state index is 0.860. The molecule has 4 nitrogen and oxygen atoms in total. The summed E-state index contributed by atoms with van der Waals surface area (Å²) in [5, 5.41) is 0. The van der Waals surface area contributed by atoms with Gasteiger partial charge in [0.15, 0.2) is 0 Å². The zero-order valence-electron chi connectivity index (χ0n) is 35.5. The predicted molar refractivity (Wildman–Crippen MR) is 255 cm³/mol. The highest BCUT2D eigenvalue weighted by Gasteiger charge is 2.21. The molecule has 0 fully saturated rings. The molecule has 10 aromatic rings. The molecule has 61 heavy (non-hydrogen) atoms. The first-order chi connectivity index (χ1) is 29.7. The SMILES string of the molecule is Cc1cc(C)c(-c2cc3nc(-c4ccccc4)c(-c4ccc(-c5ccc(-c6nc7ccccc7n6-c6ccccc6)cc5)cc4)nc3cc2-c2c(C)cc(C)cc2C)c(C)c1. The number of fused-ring (bicyclic) bond motifs is 2. The molecule has 0 radical (unpaired) electrons. The Bertz CT molecular complexity index is 3220. The van der Waals surface area contributed by atoms with Crippen LogP contribution in [-0.2, 0) is 0 Å². The summed E-state index contributed by atoms with van der Waals surface area (Å²) in [6, 6.07) is 60.4. The van der Waals surface area contributed by atoms with Crippen LogP contribution in [0.25, 0.3) is 95.0 Å². The molecular weight excluding hydrogens is 741 g/mol. The van der Waals surface area contributed by atoms with Crippen LogP contribution in [0.1, 0.15) is 33.4 Å². The van der Waals surface area contributed by atoms with Crippen LogP contribution in [0.4, 0.5) is 0 Å². The summed E-state index contributed by atoms with van der Waals surface area (Å²) in [6.45, 7) is 13.3. The van der Waals surface area contributed by atoms with Crippen molar-refractivity contribution in [2.45, 2.75) is 41.5 Å². The molecule has 0 aliphatic rings. The van der Waals surface area contributed by atoms with Gasteiger partial charge in [-0.05, 0) is 134 Å². The number of nitrogens with zero attached hydrogens (tertiary/aromatic N) is 4. The van der Waals surface area contributed by atoms with E-state index in [9.17, 15) is 0 Å². The molecule has 0 spiro atoms. The van der Waals surface area contributed by atoms with E-state index in [0.29, 0.717) is 0 Å². The van der Waals surface area contributed by atoms with Gasteiger partial charge in [0.2, 0.25) is 0 Å². The third-order valence-electron chi connectivity index (χ3n) is 12.0. The fourth-order valence-electron chi connectivity index (χ4n) is 9.42. The van der Waals surface area contributed by atoms with Crippen LogP contribution < -0.4 is 0 Å². The molecule has 4 heteroatoms. The van der Waals surface area contributed by atoms with Gasteiger partial charge in [0.1, 0.15) is 5.82 Å². The van der Waals surface area contributed by atoms with Crippen LogP contribution >= 0.6 is 0 Å². The molecule has 0 unspecified atom stereocenters. The molecule has 0 saturated carbocycles. The van der Waals surface area contributed by atoms with Gasteiger partial charge in [-0.3, -0.25) is 4.57 Å². The Kier molecular flexibility index (Phi) is 9.49. The van der Waals surface area contributed by atoms with Crippen LogP contribution in [0.15, 0.2) is 170 Å². The summed E-state index contributed by atoms with van der Waals surface area (Å²) >= 11 is 0. The van der Waals surface area contributed by atoms with Gasteiger partial charge in [-0.1, -0.05) is 145 Å². The van der Waals surface area contributed by atoms with E-state index in [1.54, 1.807) is 0 Å². The predicted octanol–water partition coefficient (Wildman–Crippen LogP) is 14.8. The molecule has 2 heterocycles. The van der Waals surface area contributed by atoms with Gasteiger partial charge in [0, 0.05) is 22.4 Å². The van der Waals surface area contributed by atoms with Gasteiger partial charge in [-0.2, -0.15) is 0 Å². The number of rotatable bonds is 7. The smallest absolute Gasteiger partial charge is 0.145 e. The lowest BCUT2D eigenvalue weighted by atomic mass is 9.85. The molecule has 0 saturated heterocycles. The molecular formula is C57H46N4. The molecule has 8 aromatic carbocycles. The standard InChI is InChI=1S/C57H46N4/c1-35-29-37(3)53(38(4)30-35)47-33-50-51(34-48(47)54-39(5)31-36(2)32-40(54)6)59-56(55(58-50)43-15-9-7-10-16-43)44-25-21-41(22-26-44)42-23-27-45(28-24-42)57-60-49-19-13-14-20-52(49)61(57)46-17-11-8-12-18-46/h7-34H,1-6H3. The molecule has 0 amide bonds. The number of para-hydroxylation sites is 3. The summed E-state index contributed by atoms with van der Waals surface area (Å²) in [4.78, 5) is 16.1. The Morgan fingerprint density at radius 3 is 1.26 bits per heavy atom. The Balaban J connectivity index is 1.08. The van der Waals surface area contributed by atoms with E-state index in [0.717, 1.165) is 72.8 Å². The molecule has 294 valence electrons. The van der Waals surface area contributed by atoms with E-state index >= 15 is 0 Å². The zero-order chi connectivity index (χ0) is 41.8. The molecule has 0 bridgehead atoms. The first kappa shape index (κ1) is 37.8. The first-order valence-corrected chi connectivity index (χ1v) is 21.0.